The summed E-state index contributed by atoms with van der Waals surface area (Å²) in [6.07, 6.45) is 2.43. The highest BCUT2D eigenvalue weighted by molar-refractivity contribution is 5.85. The fourth-order valence-corrected chi connectivity index (χ4v) is 0.655. The molecule has 1 N–H and O–H groups in total. The highest BCUT2D eigenvalue weighted by atomic mass is 16.4. The lowest BCUT2D eigenvalue weighted by Crippen LogP contribution is -2.18. The van der Waals surface area contributed by atoms with Crippen LogP contribution in [0.4, 0.5) is 0 Å². The number of aliphatic carboxylic acids is 1. The van der Waals surface area contributed by atoms with Gasteiger partial charge in [-0.1, -0.05) is 13.0 Å². The predicted octanol–water partition coefficient (Wildman–Crippen LogP) is 0.927. The van der Waals surface area contributed by atoms with Crippen molar-refractivity contribution in [3.8, 4) is 0 Å². The molecule has 0 rings (SSSR count). The third kappa shape index (κ3) is 2.53. The van der Waals surface area contributed by atoms with E-state index in [1.54, 1.807) is 25.1 Å². The molecule has 58 valence electrons. The fourth-order valence-electron chi connectivity index (χ4n) is 0.655. The van der Waals surface area contributed by atoms with Gasteiger partial charge in [0.25, 0.3) is 0 Å². The third-order valence-electron chi connectivity index (χ3n) is 1.10. The lowest BCUT2D eigenvalue weighted by atomic mass is 10.3. The molecule has 0 bridgehead atoms. The molecule has 0 unspecified atom stereocenters. The number of carboxylic acid groups (broad SMARTS) is 1. The van der Waals surface area contributed by atoms with Crippen molar-refractivity contribution < 1.29 is 9.90 Å². The molecule has 10 heavy (non-hydrogen) atoms. The number of hydrogen-bond donors (Lipinski definition) is 1. The van der Waals surface area contributed by atoms with Gasteiger partial charge in [0.1, 0.15) is 5.70 Å². The molecular formula is C7H13NO2. The Labute approximate surface area is 61.0 Å². The Morgan fingerprint density at radius 2 is 2.10 bits per heavy atom. The van der Waals surface area contributed by atoms with Crippen molar-refractivity contribution in [2.45, 2.75) is 13.3 Å². The number of nitrogens with zero attached hydrogens (tertiary/aromatic N) is 1. The summed E-state index contributed by atoms with van der Waals surface area (Å²) in [5.74, 6) is -0.869. The van der Waals surface area contributed by atoms with Crippen molar-refractivity contribution in [3.05, 3.63) is 11.8 Å². The van der Waals surface area contributed by atoms with E-state index in [9.17, 15) is 4.79 Å². The van der Waals surface area contributed by atoms with Crippen LogP contribution in [0.1, 0.15) is 13.3 Å². The summed E-state index contributed by atoms with van der Waals surface area (Å²) in [5.41, 5.74) is 0.350. The maximum Gasteiger partial charge on any atom is 0.351 e. The Morgan fingerprint density at radius 3 is 2.20 bits per heavy atom. The first-order valence-corrected chi connectivity index (χ1v) is 3.20. The van der Waals surface area contributed by atoms with Gasteiger partial charge in [0.15, 0.2) is 0 Å². The van der Waals surface area contributed by atoms with Gasteiger partial charge in [-0.25, -0.2) is 4.79 Å². The molecule has 0 aromatic heterocycles. The molecule has 0 aliphatic carbocycles. The second-order valence-electron chi connectivity index (χ2n) is 2.20. The van der Waals surface area contributed by atoms with E-state index in [1.165, 1.54) is 0 Å². The second kappa shape index (κ2) is 3.93. The molecule has 0 saturated carbocycles. The molecule has 0 atom stereocenters. The number of likely N-dealkylation sites (N-methyl/N-ethyl adjacent to an activating group) is 1. The van der Waals surface area contributed by atoms with E-state index in [-0.39, 0.29) is 0 Å². The van der Waals surface area contributed by atoms with E-state index in [1.807, 2.05) is 6.92 Å². The van der Waals surface area contributed by atoms with Crippen molar-refractivity contribution in [1.82, 2.24) is 4.90 Å². The van der Waals surface area contributed by atoms with Crippen LogP contribution in [0.3, 0.4) is 0 Å². The number of allylic oxidation sites excluding steroid dienone is 1. The van der Waals surface area contributed by atoms with Crippen LogP contribution in [0.15, 0.2) is 11.8 Å². The molecule has 0 saturated heterocycles. The zero-order valence-electron chi connectivity index (χ0n) is 6.59. The smallest absolute Gasteiger partial charge is 0.351 e. The molecule has 0 aliphatic rings. The van der Waals surface area contributed by atoms with Gasteiger partial charge >= 0.3 is 5.97 Å². The quantitative estimate of drug-likeness (QED) is 0.597. The summed E-state index contributed by atoms with van der Waals surface area (Å²) in [7, 11) is 3.44. The van der Waals surface area contributed by atoms with Crippen LogP contribution in [0, 0.1) is 0 Å². The van der Waals surface area contributed by atoms with Crippen LogP contribution < -0.4 is 0 Å². The lowest BCUT2D eigenvalue weighted by molar-refractivity contribution is -0.134. The van der Waals surface area contributed by atoms with Gasteiger partial charge in [-0.3, -0.25) is 0 Å². The van der Waals surface area contributed by atoms with Gasteiger partial charge in [-0.05, 0) is 6.42 Å². The minimum absolute atomic E-state index is 0.350. The molecule has 0 spiro atoms. The summed E-state index contributed by atoms with van der Waals surface area (Å²) >= 11 is 0. The molecule has 3 nitrogen and oxygen atoms in total. The molecular weight excluding hydrogens is 130 g/mol. The van der Waals surface area contributed by atoms with E-state index in [0.717, 1.165) is 6.42 Å². The molecule has 0 fully saturated rings. The molecule has 0 aromatic rings. The van der Waals surface area contributed by atoms with Crippen molar-refractivity contribution in [2.24, 2.45) is 0 Å². The molecule has 0 aliphatic heterocycles. The molecule has 0 amide bonds. The molecule has 3 heteroatoms. The van der Waals surface area contributed by atoms with E-state index >= 15 is 0 Å². The first-order chi connectivity index (χ1) is 4.59. The van der Waals surface area contributed by atoms with E-state index < -0.39 is 5.97 Å². The van der Waals surface area contributed by atoms with Gasteiger partial charge in [0.2, 0.25) is 0 Å². The third-order valence-corrected chi connectivity index (χ3v) is 1.10. The summed E-state index contributed by atoms with van der Waals surface area (Å²) in [6.45, 7) is 1.91. The second-order valence-corrected chi connectivity index (χ2v) is 2.20. The number of carbonyl (C=O) groups is 1. The van der Waals surface area contributed by atoms with Crippen LogP contribution in [0.25, 0.3) is 0 Å². The minimum Gasteiger partial charge on any atom is -0.477 e. The van der Waals surface area contributed by atoms with Crippen molar-refractivity contribution in [3.63, 3.8) is 0 Å². The predicted molar refractivity (Wildman–Crippen MR) is 39.7 cm³/mol. The van der Waals surface area contributed by atoms with E-state index in [2.05, 4.69) is 0 Å². The Hall–Kier alpha value is -0.990. The highest BCUT2D eigenvalue weighted by Gasteiger charge is 2.06. The van der Waals surface area contributed by atoms with Crippen LogP contribution >= 0.6 is 0 Å². The summed E-state index contributed by atoms with van der Waals surface area (Å²) in [6, 6.07) is 0. The van der Waals surface area contributed by atoms with Gasteiger partial charge in [0, 0.05) is 14.1 Å². The zero-order chi connectivity index (χ0) is 8.15. The van der Waals surface area contributed by atoms with Crippen LogP contribution in [0.2, 0.25) is 0 Å². The summed E-state index contributed by atoms with van der Waals surface area (Å²) in [4.78, 5) is 12.0. The first kappa shape index (κ1) is 9.01. The minimum atomic E-state index is -0.869. The average Bonchev–Trinajstić information content (AvgIpc) is 1.81. The van der Waals surface area contributed by atoms with Gasteiger partial charge in [0.05, 0.1) is 0 Å². The number of hydrogen-bond acceptors (Lipinski definition) is 2. The fraction of sp³-hybridized carbons (Fsp3) is 0.571. The first-order valence-electron chi connectivity index (χ1n) is 3.20. The van der Waals surface area contributed by atoms with Crippen molar-refractivity contribution in [1.29, 1.82) is 0 Å². The number of rotatable bonds is 3. The Morgan fingerprint density at radius 1 is 1.60 bits per heavy atom. The van der Waals surface area contributed by atoms with Gasteiger partial charge in [-0.15, -0.1) is 0 Å². The largest absolute Gasteiger partial charge is 0.477 e. The van der Waals surface area contributed by atoms with Gasteiger partial charge < -0.3 is 10.0 Å². The molecule has 0 aromatic carbocycles. The maximum absolute atomic E-state index is 10.4. The van der Waals surface area contributed by atoms with Crippen LogP contribution in [0.5, 0.6) is 0 Å². The van der Waals surface area contributed by atoms with Crippen molar-refractivity contribution >= 4 is 5.97 Å². The SMILES string of the molecule is CC/C=C(\C(=O)O)N(C)C. The summed E-state index contributed by atoms with van der Waals surface area (Å²) in [5, 5.41) is 8.56. The summed E-state index contributed by atoms with van der Waals surface area (Å²) < 4.78 is 0. The molecule has 0 heterocycles. The van der Waals surface area contributed by atoms with Crippen LogP contribution in [-0.4, -0.2) is 30.1 Å². The zero-order valence-corrected chi connectivity index (χ0v) is 6.59. The lowest BCUT2D eigenvalue weighted by Gasteiger charge is -2.11. The van der Waals surface area contributed by atoms with Crippen molar-refractivity contribution in [2.75, 3.05) is 14.1 Å². The number of carboxylic acids is 1. The normalized spacial score (nSPS) is 11.3. The Balaban J connectivity index is 4.27. The topological polar surface area (TPSA) is 40.5 Å². The highest BCUT2D eigenvalue weighted by Crippen LogP contribution is 1.99. The van der Waals surface area contributed by atoms with Crippen LogP contribution in [-0.2, 0) is 4.79 Å². The standard InChI is InChI=1S/C7H13NO2/c1-4-5-6(7(9)10)8(2)3/h5H,4H2,1-3H3,(H,9,10)/b6-5+. The molecule has 0 radical (unpaired) electrons. The Bertz CT molecular complexity index is 150. The Kier molecular flexibility index (Phi) is 3.54. The monoisotopic (exact) mass is 143 g/mol. The maximum atomic E-state index is 10.4. The van der Waals surface area contributed by atoms with E-state index in [0.29, 0.717) is 5.70 Å². The van der Waals surface area contributed by atoms with Gasteiger partial charge in [-0.2, -0.15) is 0 Å². The van der Waals surface area contributed by atoms with E-state index in [4.69, 9.17) is 5.11 Å². The average molecular weight is 143 g/mol.